The zero-order chi connectivity index (χ0) is 12.7. The second kappa shape index (κ2) is 4.24. The van der Waals surface area contributed by atoms with Crippen molar-refractivity contribution >= 4 is 33.6 Å². The number of para-hydroxylation sites is 1. The highest BCUT2D eigenvalue weighted by Gasteiger charge is 2.12. The molecule has 0 saturated carbocycles. The normalized spacial score (nSPS) is 11.0. The summed E-state index contributed by atoms with van der Waals surface area (Å²) in [7, 11) is 0. The Kier molecular flexibility index (Phi) is 2.70. The zero-order valence-electron chi connectivity index (χ0n) is 9.11. The van der Waals surface area contributed by atoms with Crippen molar-refractivity contribution in [3.63, 3.8) is 0 Å². The average molecular weight is 354 g/mol. The van der Waals surface area contributed by atoms with E-state index in [1.165, 1.54) is 6.07 Å². The zero-order valence-corrected chi connectivity index (χ0v) is 11.3. The maximum atomic E-state index is 13.5. The molecule has 0 saturated heterocycles. The third-order valence-electron chi connectivity index (χ3n) is 2.68. The van der Waals surface area contributed by atoms with Gasteiger partial charge in [-0.2, -0.15) is 0 Å². The first kappa shape index (κ1) is 11.5. The number of nitrogens with one attached hydrogen (secondary N) is 1. The van der Waals surface area contributed by atoms with Gasteiger partial charge in [-0.15, -0.1) is 0 Å². The van der Waals surface area contributed by atoms with Crippen molar-refractivity contribution in [2.24, 2.45) is 0 Å². The fraction of sp³-hybridized carbons (Fsp3) is 0. The molecule has 0 spiro atoms. The number of phenols is 1. The Hall–Kier alpha value is -1.63. The minimum atomic E-state index is -0.375. The summed E-state index contributed by atoms with van der Waals surface area (Å²) in [6.07, 6.45) is 0. The van der Waals surface area contributed by atoms with E-state index < -0.39 is 0 Å². The van der Waals surface area contributed by atoms with Gasteiger partial charge in [0.15, 0.2) is 5.82 Å². The van der Waals surface area contributed by atoms with Crippen LogP contribution in [0, 0.1) is 9.39 Å². The summed E-state index contributed by atoms with van der Waals surface area (Å²) in [6, 6.07) is 9.92. The topological polar surface area (TPSA) is 48.9 Å². The molecule has 2 N–H and O–H groups in total. The van der Waals surface area contributed by atoms with Crippen LogP contribution in [0.4, 0.5) is 4.39 Å². The molecule has 5 heteroatoms. The highest BCUT2D eigenvalue weighted by Crippen LogP contribution is 2.30. The fourth-order valence-electron chi connectivity index (χ4n) is 1.82. The molecule has 0 amide bonds. The van der Waals surface area contributed by atoms with Gasteiger partial charge in [0, 0.05) is 3.57 Å². The molecular formula is C13H8FIN2O. The van der Waals surface area contributed by atoms with Crippen LogP contribution in [0.25, 0.3) is 22.4 Å². The van der Waals surface area contributed by atoms with E-state index in [0.29, 0.717) is 16.9 Å². The van der Waals surface area contributed by atoms with Crippen LogP contribution < -0.4 is 0 Å². The van der Waals surface area contributed by atoms with Gasteiger partial charge in [-0.25, -0.2) is 9.37 Å². The quantitative estimate of drug-likeness (QED) is 0.655. The molecule has 18 heavy (non-hydrogen) atoms. The Morgan fingerprint density at radius 2 is 2.06 bits per heavy atom. The molecule has 3 nitrogen and oxygen atoms in total. The molecule has 0 radical (unpaired) electrons. The summed E-state index contributed by atoms with van der Waals surface area (Å²) in [4.78, 5) is 7.20. The second-order valence-electron chi connectivity index (χ2n) is 3.88. The van der Waals surface area contributed by atoms with Crippen molar-refractivity contribution < 1.29 is 9.50 Å². The summed E-state index contributed by atoms with van der Waals surface area (Å²) < 4.78 is 14.5. The number of nitrogens with zero attached hydrogens (tertiary/aromatic N) is 1. The van der Waals surface area contributed by atoms with Crippen molar-refractivity contribution in [2.75, 3.05) is 0 Å². The number of aromatic nitrogens is 2. The van der Waals surface area contributed by atoms with Gasteiger partial charge in [0.05, 0.1) is 11.1 Å². The molecule has 3 aromatic rings. The van der Waals surface area contributed by atoms with Gasteiger partial charge in [-0.3, -0.25) is 0 Å². The van der Waals surface area contributed by atoms with E-state index in [2.05, 4.69) is 32.6 Å². The van der Waals surface area contributed by atoms with Gasteiger partial charge in [0.2, 0.25) is 0 Å². The standard InChI is InChI=1S/C13H8FIN2O/c14-9-2-1-3-10-12(9)17-13(16-10)8-6-7(15)4-5-11(8)18/h1-6,18H,(H,16,17). The lowest BCUT2D eigenvalue weighted by Crippen LogP contribution is -1.83. The minimum Gasteiger partial charge on any atom is -0.507 e. The molecule has 0 fully saturated rings. The lowest BCUT2D eigenvalue weighted by Gasteiger charge is -2.01. The lowest BCUT2D eigenvalue weighted by atomic mass is 10.2. The first-order valence-electron chi connectivity index (χ1n) is 5.28. The van der Waals surface area contributed by atoms with E-state index >= 15 is 0 Å². The highest BCUT2D eigenvalue weighted by molar-refractivity contribution is 14.1. The highest BCUT2D eigenvalue weighted by atomic mass is 127. The number of halogens is 2. The van der Waals surface area contributed by atoms with E-state index in [1.807, 2.05) is 0 Å². The molecule has 1 aromatic heterocycles. The van der Waals surface area contributed by atoms with Gasteiger partial charge in [-0.05, 0) is 52.9 Å². The van der Waals surface area contributed by atoms with Crippen LogP contribution in [-0.2, 0) is 0 Å². The van der Waals surface area contributed by atoms with Crippen molar-refractivity contribution in [2.45, 2.75) is 0 Å². The number of aromatic amines is 1. The number of H-pyrrole nitrogens is 1. The molecular weight excluding hydrogens is 346 g/mol. The number of aromatic hydroxyl groups is 1. The number of fused-ring (bicyclic) bond motifs is 1. The molecule has 0 unspecified atom stereocenters. The summed E-state index contributed by atoms with van der Waals surface area (Å²) >= 11 is 2.15. The first-order chi connectivity index (χ1) is 8.65. The van der Waals surface area contributed by atoms with Crippen LogP contribution in [0.2, 0.25) is 0 Å². The van der Waals surface area contributed by atoms with E-state index in [-0.39, 0.29) is 17.1 Å². The van der Waals surface area contributed by atoms with Gasteiger partial charge in [-0.1, -0.05) is 6.07 Å². The van der Waals surface area contributed by atoms with Crippen LogP contribution in [-0.4, -0.2) is 15.1 Å². The third-order valence-corrected chi connectivity index (χ3v) is 3.35. The van der Waals surface area contributed by atoms with Crippen molar-refractivity contribution in [3.05, 3.63) is 45.8 Å². The number of rotatable bonds is 1. The molecule has 1 heterocycles. The largest absolute Gasteiger partial charge is 0.507 e. The Balaban J connectivity index is 2.26. The van der Waals surface area contributed by atoms with Crippen LogP contribution in [0.3, 0.4) is 0 Å². The number of imidazole rings is 1. The van der Waals surface area contributed by atoms with Gasteiger partial charge >= 0.3 is 0 Å². The van der Waals surface area contributed by atoms with E-state index in [0.717, 1.165) is 3.57 Å². The summed E-state index contributed by atoms with van der Waals surface area (Å²) in [5, 5.41) is 9.83. The molecule has 0 aliphatic rings. The molecule has 2 aromatic carbocycles. The lowest BCUT2D eigenvalue weighted by molar-refractivity contribution is 0.477. The van der Waals surface area contributed by atoms with Crippen LogP contribution in [0.5, 0.6) is 5.75 Å². The fourth-order valence-corrected chi connectivity index (χ4v) is 2.31. The molecule has 90 valence electrons. The Bertz CT molecular complexity index is 739. The Morgan fingerprint density at radius 3 is 2.83 bits per heavy atom. The first-order valence-corrected chi connectivity index (χ1v) is 6.36. The molecule has 3 rings (SSSR count). The van der Waals surface area contributed by atoms with Crippen LogP contribution in [0.1, 0.15) is 0 Å². The van der Waals surface area contributed by atoms with Gasteiger partial charge in [0.1, 0.15) is 17.1 Å². The number of benzene rings is 2. The Labute approximate surface area is 116 Å². The van der Waals surface area contributed by atoms with Crippen LogP contribution >= 0.6 is 22.6 Å². The smallest absolute Gasteiger partial charge is 0.151 e. The summed E-state index contributed by atoms with van der Waals surface area (Å²) in [5.74, 6) is 0.209. The Morgan fingerprint density at radius 1 is 1.22 bits per heavy atom. The number of hydrogen-bond acceptors (Lipinski definition) is 2. The van der Waals surface area contributed by atoms with Crippen molar-refractivity contribution in [1.29, 1.82) is 0 Å². The molecule has 0 atom stereocenters. The van der Waals surface area contributed by atoms with E-state index in [4.69, 9.17) is 0 Å². The van der Waals surface area contributed by atoms with Crippen molar-refractivity contribution in [1.82, 2.24) is 9.97 Å². The van der Waals surface area contributed by atoms with Crippen molar-refractivity contribution in [3.8, 4) is 17.1 Å². The maximum absolute atomic E-state index is 13.5. The molecule has 0 bridgehead atoms. The summed E-state index contributed by atoms with van der Waals surface area (Å²) in [5.41, 5.74) is 1.46. The van der Waals surface area contributed by atoms with E-state index in [9.17, 15) is 9.50 Å². The molecule has 0 aliphatic heterocycles. The van der Waals surface area contributed by atoms with Gasteiger partial charge in [0.25, 0.3) is 0 Å². The average Bonchev–Trinajstić information content (AvgIpc) is 2.77. The number of hydrogen-bond donors (Lipinski definition) is 2. The minimum absolute atomic E-state index is 0.120. The number of phenolic OH excluding ortho intramolecular Hbond substituents is 1. The molecule has 0 aliphatic carbocycles. The predicted molar refractivity (Wildman–Crippen MR) is 75.9 cm³/mol. The van der Waals surface area contributed by atoms with Gasteiger partial charge < -0.3 is 10.1 Å². The maximum Gasteiger partial charge on any atom is 0.151 e. The second-order valence-corrected chi connectivity index (χ2v) is 5.13. The monoisotopic (exact) mass is 354 g/mol. The summed E-state index contributed by atoms with van der Waals surface area (Å²) in [6.45, 7) is 0. The van der Waals surface area contributed by atoms with E-state index in [1.54, 1.807) is 30.3 Å². The third kappa shape index (κ3) is 1.84. The SMILES string of the molecule is Oc1ccc(I)cc1-c1nc2c(F)cccc2[nH]1. The predicted octanol–water partition coefficient (Wildman–Crippen LogP) is 3.68. The van der Waals surface area contributed by atoms with Crippen LogP contribution in [0.15, 0.2) is 36.4 Å².